The summed E-state index contributed by atoms with van der Waals surface area (Å²) in [5, 5.41) is 3.26. The predicted molar refractivity (Wildman–Crippen MR) is 107 cm³/mol. The number of thioether (sulfide) groups is 1. The van der Waals surface area contributed by atoms with Gasteiger partial charge in [-0.1, -0.05) is 41.9 Å². The molecular formula is C18H21ClN2O3S2. The zero-order valence-electron chi connectivity index (χ0n) is 14.2. The fourth-order valence-corrected chi connectivity index (χ4v) is 4.09. The fraction of sp³-hybridized carbons (Fsp3) is 0.278. The van der Waals surface area contributed by atoms with Crippen LogP contribution in [0.25, 0.3) is 0 Å². The van der Waals surface area contributed by atoms with Crippen molar-refractivity contribution in [2.45, 2.75) is 17.1 Å². The summed E-state index contributed by atoms with van der Waals surface area (Å²) in [5.74, 6) is 1.53. The van der Waals surface area contributed by atoms with Crippen molar-refractivity contribution >= 4 is 39.3 Å². The number of nitrogens with one attached hydrogen (secondary N) is 2. The smallest absolute Gasteiger partial charge is 0.240 e. The molecule has 2 rings (SSSR count). The highest BCUT2D eigenvalue weighted by Gasteiger charge is 2.13. The molecule has 2 N–H and O–H groups in total. The van der Waals surface area contributed by atoms with E-state index in [0.717, 1.165) is 11.5 Å². The number of hydrogen-bond donors (Lipinski definition) is 2. The van der Waals surface area contributed by atoms with Crippen LogP contribution in [0.3, 0.4) is 0 Å². The standard InChI is InChI=1S/C18H21ClN2O3S2/c19-16-6-8-17(9-7-16)26(23,24)21-11-10-18(22)20-12-13-25-14-15-4-2-1-3-5-15/h1-9,21H,10-14H2,(H,20,22). The first kappa shape index (κ1) is 20.8. The highest BCUT2D eigenvalue weighted by Crippen LogP contribution is 2.13. The predicted octanol–water partition coefficient (Wildman–Crippen LogP) is 3.06. The Labute approximate surface area is 163 Å². The van der Waals surface area contributed by atoms with Gasteiger partial charge in [0, 0.05) is 36.0 Å². The van der Waals surface area contributed by atoms with Gasteiger partial charge in [0.2, 0.25) is 15.9 Å². The largest absolute Gasteiger partial charge is 0.355 e. The van der Waals surface area contributed by atoms with E-state index < -0.39 is 10.0 Å². The van der Waals surface area contributed by atoms with E-state index in [1.54, 1.807) is 11.8 Å². The van der Waals surface area contributed by atoms with Crippen LogP contribution in [0.4, 0.5) is 0 Å². The van der Waals surface area contributed by atoms with Gasteiger partial charge >= 0.3 is 0 Å². The van der Waals surface area contributed by atoms with Gasteiger partial charge in [0.25, 0.3) is 0 Å². The molecule has 0 fully saturated rings. The molecule has 2 aromatic rings. The van der Waals surface area contributed by atoms with E-state index in [0.29, 0.717) is 11.6 Å². The van der Waals surface area contributed by atoms with E-state index in [9.17, 15) is 13.2 Å². The van der Waals surface area contributed by atoms with Crippen molar-refractivity contribution in [3.8, 4) is 0 Å². The Bertz CT molecular complexity index is 797. The summed E-state index contributed by atoms with van der Waals surface area (Å²) >= 11 is 7.48. The number of carbonyl (C=O) groups excluding carboxylic acids is 1. The number of halogens is 1. The molecule has 1 amide bonds. The van der Waals surface area contributed by atoms with Gasteiger partial charge in [0.05, 0.1) is 4.90 Å². The van der Waals surface area contributed by atoms with Crippen molar-refractivity contribution in [1.29, 1.82) is 0 Å². The van der Waals surface area contributed by atoms with Gasteiger partial charge < -0.3 is 5.32 Å². The molecule has 8 heteroatoms. The van der Waals surface area contributed by atoms with Crippen LogP contribution in [0.2, 0.25) is 5.02 Å². The van der Waals surface area contributed by atoms with Gasteiger partial charge in [-0.2, -0.15) is 11.8 Å². The van der Waals surface area contributed by atoms with Gasteiger partial charge in [0.15, 0.2) is 0 Å². The summed E-state index contributed by atoms with van der Waals surface area (Å²) in [5.41, 5.74) is 1.25. The Morgan fingerprint density at radius 2 is 1.69 bits per heavy atom. The van der Waals surface area contributed by atoms with Crippen molar-refractivity contribution in [3.05, 3.63) is 65.2 Å². The molecule has 0 aliphatic heterocycles. The second-order valence-electron chi connectivity index (χ2n) is 5.49. The molecule has 0 aromatic heterocycles. The minimum atomic E-state index is -3.63. The van der Waals surface area contributed by atoms with Gasteiger partial charge in [0.1, 0.15) is 0 Å². The van der Waals surface area contributed by atoms with Gasteiger partial charge in [-0.3, -0.25) is 4.79 Å². The molecule has 26 heavy (non-hydrogen) atoms. The highest BCUT2D eigenvalue weighted by molar-refractivity contribution is 7.98. The van der Waals surface area contributed by atoms with Crippen LogP contribution >= 0.6 is 23.4 Å². The SMILES string of the molecule is O=C(CCNS(=O)(=O)c1ccc(Cl)cc1)NCCSCc1ccccc1. The van der Waals surface area contributed by atoms with Gasteiger partial charge in [-0.05, 0) is 29.8 Å². The molecule has 0 atom stereocenters. The van der Waals surface area contributed by atoms with Crippen molar-refractivity contribution in [2.75, 3.05) is 18.8 Å². The molecule has 0 spiro atoms. The molecule has 0 aliphatic carbocycles. The Kier molecular flexibility index (Phi) is 8.44. The Morgan fingerprint density at radius 1 is 1.00 bits per heavy atom. The minimum Gasteiger partial charge on any atom is -0.355 e. The van der Waals surface area contributed by atoms with E-state index in [-0.39, 0.29) is 23.8 Å². The van der Waals surface area contributed by atoms with Crippen molar-refractivity contribution in [1.82, 2.24) is 10.0 Å². The van der Waals surface area contributed by atoms with Crippen molar-refractivity contribution in [3.63, 3.8) is 0 Å². The van der Waals surface area contributed by atoms with E-state index in [4.69, 9.17) is 11.6 Å². The summed E-state index contributed by atoms with van der Waals surface area (Å²) < 4.78 is 26.6. The molecular weight excluding hydrogens is 392 g/mol. The van der Waals surface area contributed by atoms with Crippen molar-refractivity contribution < 1.29 is 13.2 Å². The maximum absolute atomic E-state index is 12.1. The third-order valence-corrected chi connectivity index (χ3v) is 6.21. The summed E-state index contributed by atoms with van der Waals surface area (Å²) in [6.45, 7) is 0.605. The summed E-state index contributed by atoms with van der Waals surface area (Å²) in [6, 6.07) is 16.0. The lowest BCUT2D eigenvalue weighted by Gasteiger charge is -2.08. The quantitative estimate of drug-likeness (QED) is 0.588. The van der Waals surface area contributed by atoms with Crippen LogP contribution in [-0.2, 0) is 20.6 Å². The molecule has 0 unspecified atom stereocenters. The Hall–Kier alpha value is -1.54. The molecule has 0 radical (unpaired) electrons. The number of amides is 1. The fourth-order valence-electron chi connectivity index (χ4n) is 2.11. The lowest BCUT2D eigenvalue weighted by molar-refractivity contribution is -0.120. The molecule has 0 saturated carbocycles. The normalized spacial score (nSPS) is 11.3. The van der Waals surface area contributed by atoms with Crippen LogP contribution in [0.5, 0.6) is 0 Å². The lowest BCUT2D eigenvalue weighted by Crippen LogP contribution is -2.31. The van der Waals surface area contributed by atoms with E-state index in [1.807, 2.05) is 18.2 Å². The summed E-state index contributed by atoms with van der Waals surface area (Å²) in [6.07, 6.45) is 0.0934. The third-order valence-electron chi connectivity index (χ3n) is 3.45. The van der Waals surface area contributed by atoms with E-state index in [1.165, 1.54) is 29.8 Å². The van der Waals surface area contributed by atoms with E-state index >= 15 is 0 Å². The number of hydrogen-bond acceptors (Lipinski definition) is 4. The molecule has 5 nitrogen and oxygen atoms in total. The van der Waals surface area contributed by atoms with Crippen LogP contribution in [0.1, 0.15) is 12.0 Å². The zero-order chi connectivity index (χ0) is 18.8. The Morgan fingerprint density at radius 3 is 2.38 bits per heavy atom. The summed E-state index contributed by atoms with van der Waals surface area (Å²) in [7, 11) is -3.63. The number of rotatable bonds is 10. The Balaban J connectivity index is 1.60. The van der Waals surface area contributed by atoms with Crippen LogP contribution in [0.15, 0.2) is 59.5 Å². The third kappa shape index (κ3) is 7.37. The maximum atomic E-state index is 12.1. The zero-order valence-corrected chi connectivity index (χ0v) is 16.5. The first-order chi connectivity index (χ1) is 12.5. The number of sulfonamides is 1. The molecule has 2 aromatic carbocycles. The topological polar surface area (TPSA) is 75.3 Å². The monoisotopic (exact) mass is 412 g/mol. The first-order valence-corrected chi connectivity index (χ1v) is 11.1. The summed E-state index contributed by atoms with van der Waals surface area (Å²) in [4.78, 5) is 11.9. The average Bonchev–Trinajstić information content (AvgIpc) is 2.62. The van der Waals surface area contributed by atoms with Crippen LogP contribution < -0.4 is 10.0 Å². The molecule has 0 saturated heterocycles. The lowest BCUT2D eigenvalue weighted by atomic mass is 10.2. The number of benzene rings is 2. The second kappa shape index (κ2) is 10.6. The average molecular weight is 413 g/mol. The second-order valence-corrected chi connectivity index (χ2v) is 8.80. The van der Waals surface area contributed by atoms with Gasteiger partial charge in [-0.25, -0.2) is 13.1 Å². The molecule has 0 aliphatic rings. The first-order valence-electron chi connectivity index (χ1n) is 8.11. The van der Waals surface area contributed by atoms with Crippen LogP contribution in [0, 0.1) is 0 Å². The minimum absolute atomic E-state index is 0.0496. The van der Waals surface area contributed by atoms with Crippen LogP contribution in [-0.4, -0.2) is 33.2 Å². The highest BCUT2D eigenvalue weighted by atomic mass is 35.5. The van der Waals surface area contributed by atoms with Crippen molar-refractivity contribution in [2.24, 2.45) is 0 Å². The molecule has 0 heterocycles. The van der Waals surface area contributed by atoms with Gasteiger partial charge in [-0.15, -0.1) is 0 Å². The maximum Gasteiger partial charge on any atom is 0.240 e. The molecule has 0 bridgehead atoms. The van der Waals surface area contributed by atoms with E-state index in [2.05, 4.69) is 22.2 Å². The molecule has 140 valence electrons. The number of carbonyl (C=O) groups is 1.